The molecule has 0 amide bonds. The van der Waals surface area contributed by atoms with Gasteiger partial charge in [0.2, 0.25) is 0 Å². The number of likely N-dealkylation sites (tertiary alicyclic amines) is 1. The number of aldehydes is 1. The average Bonchev–Trinajstić information content (AvgIpc) is 2.66. The van der Waals surface area contributed by atoms with Crippen molar-refractivity contribution in [3.8, 4) is 0 Å². The van der Waals surface area contributed by atoms with Crippen LogP contribution in [-0.4, -0.2) is 42.6 Å². The van der Waals surface area contributed by atoms with Gasteiger partial charge in [0.05, 0.1) is 6.20 Å². The summed E-state index contributed by atoms with van der Waals surface area (Å²) in [6.45, 7) is 4.21. The second-order valence-corrected chi connectivity index (χ2v) is 6.52. The van der Waals surface area contributed by atoms with Crippen LogP contribution in [-0.2, 0) is 11.2 Å². The monoisotopic (exact) mass is 344 g/mol. The highest BCUT2D eigenvalue weighted by Gasteiger charge is 2.18. The third kappa shape index (κ3) is 8.12. The van der Waals surface area contributed by atoms with E-state index in [1.807, 2.05) is 0 Å². The Kier molecular flexibility index (Phi) is 8.97. The minimum atomic E-state index is 0.0684. The molecule has 5 nitrogen and oxygen atoms in total. The molecule has 1 fully saturated rings. The number of piperidine rings is 1. The van der Waals surface area contributed by atoms with Crippen molar-refractivity contribution in [2.24, 2.45) is 5.92 Å². The highest BCUT2D eigenvalue weighted by atomic mass is 16.5. The minimum absolute atomic E-state index is 0.0684. The maximum absolute atomic E-state index is 10.1. The number of benzene rings is 1. The van der Waals surface area contributed by atoms with E-state index in [0.717, 1.165) is 19.0 Å². The van der Waals surface area contributed by atoms with Gasteiger partial charge in [-0.15, -0.1) is 5.06 Å². The lowest BCUT2D eigenvalue weighted by Gasteiger charge is -2.32. The fraction of sp³-hybridized carbons (Fsp3) is 0.450. The Morgan fingerprint density at radius 1 is 1.20 bits per heavy atom. The van der Waals surface area contributed by atoms with Crippen LogP contribution >= 0.6 is 0 Å². The first kappa shape index (κ1) is 19.4. The van der Waals surface area contributed by atoms with Crippen LogP contribution in [0.25, 0.3) is 0 Å². The second-order valence-electron chi connectivity index (χ2n) is 6.52. The predicted molar refractivity (Wildman–Crippen MR) is 99.0 cm³/mol. The van der Waals surface area contributed by atoms with Gasteiger partial charge in [0, 0.05) is 19.2 Å². The molecule has 1 unspecified atom stereocenters. The molecule has 3 N–H and O–H groups in total. The normalized spacial score (nSPS) is 18.0. The topological polar surface area (TPSA) is 57.0 Å². The van der Waals surface area contributed by atoms with Crippen molar-refractivity contribution in [2.75, 3.05) is 26.2 Å². The zero-order valence-corrected chi connectivity index (χ0v) is 14.8. The summed E-state index contributed by atoms with van der Waals surface area (Å²) in [6, 6.07) is 10.8. The smallest absolute Gasteiger partial charge is 0.148 e. The van der Waals surface area contributed by atoms with Gasteiger partial charge in [-0.1, -0.05) is 30.3 Å². The molecule has 25 heavy (non-hydrogen) atoms. The largest absolute Gasteiger partial charge is 0.385 e. The Bertz CT molecular complexity index is 537. The predicted octanol–water partition coefficient (Wildman–Crippen LogP) is 1.38. The van der Waals surface area contributed by atoms with Gasteiger partial charge in [0.15, 0.2) is 0 Å². The molecule has 0 saturated carbocycles. The molecule has 0 bridgehead atoms. The lowest BCUT2D eigenvalue weighted by Crippen LogP contribution is -2.99. The third-order valence-electron chi connectivity index (χ3n) is 4.68. The van der Waals surface area contributed by atoms with Crippen LogP contribution in [0.3, 0.4) is 0 Å². The van der Waals surface area contributed by atoms with E-state index in [1.165, 1.54) is 56.6 Å². The Labute approximate surface area is 150 Å². The fourth-order valence-electron chi connectivity index (χ4n) is 3.16. The summed E-state index contributed by atoms with van der Waals surface area (Å²) in [6.07, 6.45) is 11.6. The van der Waals surface area contributed by atoms with E-state index in [-0.39, 0.29) is 5.06 Å². The number of aryl methyl sites for hydroxylation is 1. The van der Waals surface area contributed by atoms with Crippen molar-refractivity contribution in [2.45, 2.75) is 25.7 Å². The van der Waals surface area contributed by atoms with E-state index in [2.05, 4.69) is 40.5 Å². The quantitative estimate of drug-likeness (QED) is 0.260. The first-order valence-electron chi connectivity index (χ1n) is 9.12. The highest BCUT2D eigenvalue weighted by Crippen LogP contribution is 2.22. The molecule has 1 aromatic carbocycles. The summed E-state index contributed by atoms with van der Waals surface area (Å²) < 4.78 is 0. The summed E-state index contributed by atoms with van der Waals surface area (Å²) in [4.78, 5) is 12.6. The number of hydrogen-bond donors (Lipinski definition) is 3. The van der Waals surface area contributed by atoms with Crippen molar-refractivity contribution < 1.29 is 15.1 Å². The molecule has 2 rings (SSSR count). The van der Waals surface area contributed by atoms with Crippen molar-refractivity contribution >= 4 is 6.29 Å². The molecule has 1 heterocycles. The van der Waals surface area contributed by atoms with Crippen LogP contribution in [0.5, 0.6) is 0 Å². The molecule has 0 spiro atoms. The molecule has 0 radical (unpaired) electrons. The zero-order valence-electron chi connectivity index (χ0n) is 14.8. The van der Waals surface area contributed by atoms with Gasteiger partial charge in [-0.25, -0.2) is 5.21 Å². The van der Waals surface area contributed by atoms with E-state index in [9.17, 15) is 10.0 Å². The maximum Gasteiger partial charge on any atom is 0.148 e. The Morgan fingerprint density at radius 3 is 2.68 bits per heavy atom. The van der Waals surface area contributed by atoms with Gasteiger partial charge in [-0.3, -0.25) is 4.79 Å². The molecule has 1 aliphatic heterocycles. The van der Waals surface area contributed by atoms with Gasteiger partial charge in [-0.2, -0.15) is 0 Å². The molecular weight excluding hydrogens is 314 g/mol. The van der Waals surface area contributed by atoms with Crippen LogP contribution in [0.4, 0.5) is 0 Å². The van der Waals surface area contributed by atoms with Crippen LogP contribution in [0.1, 0.15) is 24.8 Å². The van der Waals surface area contributed by atoms with Gasteiger partial charge in [0.25, 0.3) is 0 Å². The average molecular weight is 344 g/mol. The van der Waals surface area contributed by atoms with Crippen molar-refractivity contribution in [3.05, 3.63) is 60.6 Å². The molecule has 136 valence electrons. The fourth-order valence-corrected chi connectivity index (χ4v) is 3.16. The SMILES string of the molecule is O=C/C=C/[NH+](O)/C=C\NCCN1CCC(CCc2ccccc2)CC1. The van der Waals surface area contributed by atoms with Gasteiger partial charge < -0.3 is 10.2 Å². The van der Waals surface area contributed by atoms with E-state index in [4.69, 9.17) is 0 Å². The molecule has 1 saturated heterocycles. The number of hydrogen-bond acceptors (Lipinski definition) is 4. The van der Waals surface area contributed by atoms with Gasteiger partial charge in [0.1, 0.15) is 18.7 Å². The standard InChI is InChI=1S/C20H29N3O2/c24-18-4-13-23(25)17-12-21-11-16-22-14-9-20(10-15-22)8-7-19-5-2-1-3-6-19/h1-6,12-13,17-18,20-21,25H,7-11,14-16H2/p+1/b13-4+,17-12-. The molecule has 1 aromatic rings. The van der Waals surface area contributed by atoms with Crippen LogP contribution < -0.4 is 10.4 Å². The number of hydroxylamine groups is 2. The summed E-state index contributed by atoms with van der Waals surface area (Å²) in [7, 11) is 0. The van der Waals surface area contributed by atoms with E-state index < -0.39 is 0 Å². The van der Waals surface area contributed by atoms with Gasteiger partial charge in [-0.05, 0) is 50.3 Å². The van der Waals surface area contributed by atoms with Crippen molar-refractivity contribution in [1.82, 2.24) is 10.2 Å². The number of nitrogens with one attached hydrogen (secondary N) is 2. The Balaban J connectivity index is 1.54. The zero-order chi connectivity index (χ0) is 17.7. The van der Waals surface area contributed by atoms with Crippen molar-refractivity contribution in [3.63, 3.8) is 0 Å². The summed E-state index contributed by atoms with van der Waals surface area (Å²) in [5, 5.41) is 12.7. The van der Waals surface area contributed by atoms with Crippen molar-refractivity contribution in [1.29, 1.82) is 0 Å². The Morgan fingerprint density at radius 2 is 1.96 bits per heavy atom. The third-order valence-corrected chi connectivity index (χ3v) is 4.68. The number of rotatable bonds is 10. The van der Waals surface area contributed by atoms with Gasteiger partial charge >= 0.3 is 0 Å². The number of quaternary nitrogens is 1. The number of nitrogens with zero attached hydrogens (tertiary/aromatic N) is 1. The number of carbonyl (C=O) groups is 1. The van der Waals surface area contributed by atoms with E-state index in [0.29, 0.717) is 6.29 Å². The summed E-state index contributed by atoms with van der Waals surface area (Å²) in [5.41, 5.74) is 1.45. The Hall–Kier alpha value is -1.95. The van der Waals surface area contributed by atoms with E-state index >= 15 is 0 Å². The molecular formula is C20H30N3O2+. The first-order chi connectivity index (χ1) is 12.3. The second kappa shape index (κ2) is 11.6. The first-order valence-corrected chi connectivity index (χ1v) is 9.12. The maximum atomic E-state index is 10.1. The van der Waals surface area contributed by atoms with Crippen LogP contribution in [0.2, 0.25) is 0 Å². The molecule has 1 atom stereocenters. The molecule has 0 aromatic heterocycles. The number of carbonyl (C=O) groups excluding carboxylic acids is 1. The summed E-state index contributed by atoms with van der Waals surface area (Å²) in [5.74, 6) is 0.848. The van der Waals surface area contributed by atoms with Crippen LogP contribution in [0.15, 0.2) is 55.0 Å². The summed E-state index contributed by atoms with van der Waals surface area (Å²) >= 11 is 0. The molecule has 5 heteroatoms. The lowest BCUT2D eigenvalue weighted by molar-refractivity contribution is -1.00. The highest BCUT2D eigenvalue weighted by molar-refractivity contribution is 5.63. The lowest BCUT2D eigenvalue weighted by atomic mass is 9.90. The number of allylic oxidation sites excluding steroid dienone is 1. The molecule has 0 aliphatic carbocycles. The van der Waals surface area contributed by atoms with Crippen LogP contribution in [0, 0.1) is 5.92 Å². The minimum Gasteiger partial charge on any atom is -0.385 e. The molecule has 1 aliphatic rings. The van der Waals surface area contributed by atoms with E-state index in [1.54, 1.807) is 12.4 Å².